The number of hydrogen-bond donors (Lipinski definition) is 2. The van der Waals surface area contributed by atoms with E-state index in [-0.39, 0.29) is 18.0 Å². The molecule has 0 radical (unpaired) electrons. The average molecular weight is 402 g/mol. The van der Waals surface area contributed by atoms with Crippen molar-refractivity contribution >= 4 is 5.91 Å². The number of carbonyl (C=O) groups is 1. The van der Waals surface area contributed by atoms with Gasteiger partial charge >= 0.3 is 0 Å². The summed E-state index contributed by atoms with van der Waals surface area (Å²) in [6.07, 6.45) is 4.12. The Morgan fingerprint density at radius 3 is 2.50 bits per heavy atom. The van der Waals surface area contributed by atoms with Crippen LogP contribution in [0.5, 0.6) is 5.75 Å². The van der Waals surface area contributed by atoms with Crippen molar-refractivity contribution in [1.82, 2.24) is 10.3 Å². The Morgan fingerprint density at radius 1 is 1.03 bits per heavy atom. The standard InChI is InChI=1S/C25H26N2O3/c1-16-21-8-3-4-9-22(21)23(25(29)27-16)15-26-24(28)18-12-10-17(11-13-18)19-6-5-7-20(14-19)30-2/h5-7,10-14H,3-4,8-9,15H2,1-2H3,(H,26,28)(H,27,29). The van der Waals surface area contributed by atoms with E-state index in [9.17, 15) is 9.59 Å². The lowest BCUT2D eigenvalue weighted by atomic mass is 9.88. The van der Waals surface area contributed by atoms with Gasteiger partial charge in [0.1, 0.15) is 5.75 Å². The van der Waals surface area contributed by atoms with Crippen LogP contribution in [0, 0.1) is 6.92 Å². The van der Waals surface area contributed by atoms with E-state index >= 15 is 0 Å². The van der Waals surface area contributed by atoms with Crippen LogP contribution in [0.4, 0.5) is 0 Å². The van der Waals surface area contributed by atoms with E-state index in [0.717, 1.165) is 53.8 Å². The lowest BCUT2D eigenvalue weighted by Crippen LogP contribution is -2.30. The minimum absolute atomic E-state index is 0.0955. The van der Waals surface area contributed by atoms with E-state index in [0.29, 0.717) is 11.1 Å². The van der Waals surface area contributed by atoms with E-state index < -0.39 is 0 Å². The number of aromatic nitrogens is 1. The maximum atomic E-state index is 12.7. The van der Waals surface area contributed by atoms with Crippen molar-refractivity contribution in [1.29, 1.82) is 0 Å². The Bertz CT molecular complexity index is 1130. The molecular formula is C25H26N2O3. The number of carbonyl (C=O) groups excluding carboxylic acids is 1. The van der Waals surface area contributed by atoms with Crippen molar-refractivity contribution in [3.05, 3.63) is 86.8 Å². The van der Waals surface area contributed by atoms with Crippen LogP contribution in [0.25, 0.3) is 11.1 Å². The largest absolute Gasteiger partial charge is 0.497 e. The monoisotopic (exact) mass is 402 g/mol. The van der Waals surface area contributed by atoms with Gasteiger partial charge in [-0.05, 0) is 79.1 Å². The maximum absolute atomic E-state index is 12.7. The normalized spacial score (nSPS) is 12.9. The Kier molecular flexibility index (Phi) is 5.70. The number of aromatic amines is 1. The smallest absolute Gasteiger partial charge is 0.253 e. The predicted molar refractivity (Wildman–Crippen MR) is 118 cm³/mol. The predicted octanol–water partition coefficient (Wildman–Crippen LogP) is 4.17. The molecule has 1 heterocycles. The van der Waals surface area contributed by atoms with Crippen molar-refractivity contribution in [3.63, 3.8) is 0 Å². The summed E-state index contributed by atoms with van der Waals surface area (Å²) in [5, 5.41) is 2.92. The lowest BCUT2D eigenvalue weighted by molar-refractivity contribution is 0.0950. The molecule has 5 nitrogen and oxygen atoms in total. The fraction of sp³-hybridized carbons (Fsp3) is 0.280. The van der Waals surface area contributed by atoms with Crippen LogP contribution in [0.15, 0.2) is 53.3 Å². The number of H-pyrrole nitrogens is 1. The van der Waals surface area contributed by atoms with E-state index in [1.165, 1.54) is 5.56 Å². The number of pyridine rings is 1. The van der Waals surface area contributed by atoms with Crippen LogP contribution in [-0.2, 0) is 19.4 Å². The van der Waals surface area contributed by atoms with Crippen LogP contribution in [0.3, 0.4) is 0 Å². The molecule has 0 unspecified atom stereocenters. The highest BCUT2D eigenvalue weighted by atomic mass is 16.5. The number of benzene rings is 2. The van der Waals surface area contributed by atoms with Gasteiger partial charge in [0.2, 0.25) is 0 Å². The summed E-state index contributed by atoms with van der Waals surface area (Å²) >= 11 is 0. The number of hydrogen-bond acceptors (Lipinski definition) is 3. The molecule has 2 aromatic carbocycles. The molecular weight excluding hydrogens is 376 g/mol. The number of fused-ring (bicyclic) bond motifs is 1. The molecule has 1 amide bonds. The molecule has 0 aliphatic heterocycles. The Morgan fingerprint density at radius 2 is 1.77 bits per heavy atom. The van der Waals surface area contributed by atoms with E-state index in [1.54, 1.807) is 19.2 Å². The van der Waals surface area contributed by atoms with Gasteiger partial charge in [0, 0.05) is 23.4 Å². The van der Waals surface area contributed by atoms with Gasteiger partial charge < -0.3 is 15.0 Å². The maximum Gasteiger partial charge on any atom is 0.253 e. The fourth-order valence-corrected chi connectivity index (χ4v) is 4.18. The topological polar surface area (TPSA) is 71.2 Å². The van der Waals surface area contributed by atoms with Crippen molar-refractivity contribution < 1.29 is 9.53 Å². The second-order valence-corrected chi connectivity index (χ2v) is 7.71. The first-order valence-electron chi connectivity index (χ1n) is 10.3. The quantitative estimate of drug-likeness (QED) is 0.673. The molecule has 1 aromatic heterocycles. The van der Waals surface area contributed by atoms with Gasteiger partial charge in [-0.3, -0.25) is 9.59 Å². The third-order valence-electron chi connectivity index (χ3n) is 5.84. The number of methoxy groups -OCH3 is 1. The van der Waals surface area contributed by atoms with Gasteiger partial charge in [0.15, 0.2) is 0 Å². The molecule has 30 heavy (non-hydrogen) atoms. The number of ether oxygens (including phenoxy) is 1. The first kappa shape index (κ1) is 20.0. The van der Waals surface area contributed by atoms with Gasteiger partial charge in [0.05, 0.1) is 7.11 Å². The molecule has 0 saturated carbocycles. The lowest BCUT2D eigenvalue weighted by Gasteiger charge is -2.21. The van der Waals surface area contributed by atoms with Crippen LogP contribution in [0.1, 0.15) is 45.6 Å². The Labute approximate surface area is 176 Å². The van der Waals surface area contributed by atoms with E-state index in [2.05, 4.69) is 10.3 Å². The van der Waals surface area contributed by atoms with Crippen LogP contribution < -0.4 is 15.6 Å². The molecule has 1 aliphatic carbocycles. The summed E-state index contributed by atoms with van der Waals surface area (Å²) < 4.78 is 5.28. The molecule has 0 bridgehead atoms. The summed E-state index contributed by atoms with van der Waals surface area (Å²) in [6.45, 7) is 2.20. The highest BCUT2D eigenvalue weighted by Gasteiger charge is 2.19. The number of nitrogens with one attached hydrogen (secondary N) is 2. The third-order valence-corrected chi connectivity index (χ3v) is 5.84. The van der Waals surface area contributed by atoms with Crippen molar-refractivity contribution in [2.45, 2.75) is 39.2 Å². The average Bonchev–Trinajstić information content (AvgIpc) is 2.79. The zero-order chi connectivity index (χ0) is 21.1. The molecule has 4 rings (SSSR count). The highest BCUT2D eigenvalue weighted by molar-refractivity contribution is 5.94. The molecule has 154 valence electrons. The fourth-order valence-electron chi connectivity index (χ4n) is 4.18. The first-order valence-corrected chi connectivity index (χ1v) is 10.3. The second kappa shape index (κ2) is 8.57. The van der Waals surface area contributed by atoms with Gasteiger partial charge in [-0.1, -0.05) is 24.3 Å². The second-order valence-electron chi connectivity index (χ2n) is 7.71. The van der Waals surface area contributed by atoms with Crippen LogP contribution >= 0.6 is 0 Å². The first-order chi connectivity index (χ1) is 14.6. The van der Waals surface area contributed by atoms with Gasteiger partial charge in [-0.25, -0.2) is 0 Å². The number of aryl methyl sites for hydroxylation is 1. The molecule has 2 N–H and O–H groups in total. The number of rotatable bonds is 5. The summed E-state index contributed by atoms with van der Waals surface area (Å²) in [7, 11) is 1.64. The van der Waals surface area contributed by atoms with Crippen LogP contribution in [-0.4, -0.2) is 18.0 Å². The third kappa shape index (κ3) is 4.01. The van der Waals surface area contributed by atoms with Crippen molar-refractivity contribution in [2.24, 2.45) is 0 Å². The minimum Gasteiger partial charge on any atom is -0.497 e. The van der Waals surface area contributed by atoms with Gasteiger partial charge in [0.25, 0.3) is 11.5 Å². The molecule has 5 heteroatoms. The summed E-state index contributed by atoms with van der Waals surface area (Å²) in [6, 6.07) is 15.3. The SMILES string of the molecule is COc1cccc(-c2ccc(C(=O)NCc3c4c(c(C)[nH]c3=O)CCCC4)cc2)c1. The Balaban J connectivity index is 1.49. The molecule has 0 fully saturated rings. The highest BCUT2D eigenvalue weighted by Crippen LogP contribution is 2.25. The zero-order valence-electron chi connectivity index (χ0n) is 17.4. The molecule has 0 atom stereocenters. The zero-order valence-corrected chi connectivity index (χ0v) is 17.4. The molecule has 3 aromatic rings. The Hall–Kier alpha value is -3.34. The van der Waals surface area contributed by atoms with E-state index in [1.807, 2.05) is 43.3 Å². The van der Waals surface area contributed by atoms with Gasteiger partial charge in [-0.15, -0.1) is 0 Å². The summed E-state index contributed by atoms with van der Waals surface area (Å²) in [5.74, 6) is 0.609. The van der Waals surface area contributed by atoms with Crippen molar-refractivity contribution in [2.75, 3.05) is 7.11 Å². The summed E-state index contributed by atoms with van der Waals surface area (Å²) in [4.78, 5) is 28.1. The minimum atomic E-state index is -0.184. The molecule has 0 spiro atoms. The number of amides is 1. The molecule has 0 saturated heterocycles. The van der Waals surface area contributed by atoms with Gasteiger partial charge in [-0.2, -0.15) is 0 Å². The van der Waals surface area contributed by atoms with Crippen LogP contribution in [0.2, 0.25) is 0 Å². The molecule has 1 aliphatic rings. The van der Waals surface area contributed by atoms with Crippen molar-refractivity contribution in [3.8, 4) is 16.9 Å². The van der Waals surface area contributed by atoms with E-state index in [4.69, 9.17) is 4.74 Å². The summed E-state index contributed by atoms with van der Waals surface area (Å²) in [5.41, 5.74) is 6.52.